The number of piperidine rings is 1. The lowest BCUT2D eigenvalue weighted by molar-refractivity contribution is 0.495. The Hall–Kier alpha value is -2.46. The third-order valence-electron chi connectivity index (χ3n) is 5.40. The third kappa shape index (κ3) is 3.40. The van der Waals surface area contributed by atoms with Gasteiger partial charge in [-0.2, -0.15) is 4.98 Å². The number of imidazole rings is 1. The fourth-order valence-electron chi connectivity index (χ4n) is 3.85. The average Bonchev–Trinajstić information content (AvgIpc) is 3.07. The number of hydrogen-bond donors (Lipinski definition) is 1. The summed E-state index contributed by atoms with van der Waals surface area (Å²) in [6.45, 7) is 1.57. The maximum atomic E-state index is 13.9. The average molecular weight is 465 g/mol. The second kappa shape index (κ2) is 7.42. The van der Waals surface area contributed by atoms with Crippen LogP contribution in [-0.4, -0.2) is 37.8 Å². The number of aryl methyl sites for hydroxylation is 1. The molecule has 8 nitrogen and oxygen atoms in total. The van der Waals surface area contributed by atoms with E-state index in [2.05, 4.69) is 20.9 Å². The van der Waals surface area contributed by atoms with Gasteiger partial charge in [0.05, 0.1) is 6.54 Å². The summed E-state index contributed by atoms with van der Waals surface area (Å²) in [7, 11) is 3.03. The van der Waals surface area contributed by atoms with E-state index >= 15 is 0 Å². The highest BCUT2D eigenvalue weighted by Crippen LogP contribution is 2.26. The first-order valence-electron chi connectivity index (χ1n) is 9.38. The summed E-state index contributed by atoms with van der Waals surface area (Å²) in [6, 6.07) is 4.43. The molecular weight excluding hydrogens is 443 g/mol. The van der Waals surface area contributed by atoms with E-state index in [9.17, 15) is 14.0 Å². The van der Waals surface area contributed by atoms with Gasteiger partial charge in [0.25, 0.3) is 5.56 Å². The molecule has 154 valence electrons. The molecule has 0 bridgehead atoms. The minimum atomic E-state index is -0.444. The lowest BCUT2D eigenvalue weighted by Gasteiger charge is -2.32. The van der Waals surface area contributed by atoms with E-state index in [1.807, 2.05) is 4.90 Å². The quantitative estimate of drug-likeness (QED) is 0.630. The Bertz CT molecular complexity index is 1210. The Morgan fingerprint density at radius 1 is 1.28 bits per heavy atom. The molecule has 1 fully saturated rings. The van der Waals surface area contributed by atoms with Crippen molar-refractivity contribution >= 4 is 33.0 Å². The molecule has 2 aromatic heterocycles. The van der Waals surface area contributed by atoms with Gasteiger partial charge >= 0.3 is 5.69 Å². The van der Waals surface area contributed by atoms with E-state index in [1.54, 1.807) is 17.7 Å². The third-order valence-corrected chi connectivity index (χ3v) is 6.18. The fraction of sp³-hybridized carbons (Fsp3) is 0.421. The minimum absolute atomic E-state index is 0.00423. The number of nitrogens with zero attached hydrogens (tertiary/aromatic N) is 5. The Morgan fingerprint density at radius 2 is 2.03 bits per heavy atom. The largest absolute Gasteiger partial charge is 0.341 e. The maximum absolute atomic E-state index is 13.9. The molecule has 1 aliphatic rings. The lowest BCUT2D eigenvalue weighted by atomic mass is 10.1. The van der Waals surface area contributed by atoms with Gasteiger partial charge in [0.15, 0.2) is 11.2 Å². The Morgan fingerprint density at radius 3 is 2.76 bits per heavy atom. The second-order valence-corrected chi connectivity index (χ2v) is 8.31. The molecule has 3 aromatic rings. The van der Waals surface area contributed by atoms with Gasteiger partial charge in [-0.15, -0.1) is 0 Å². The molecule has 2 N–H and O–H groups in total. The molecule has 29 heavy (non-hydrogen) atoms. The molecule has 0 radical (unpaired) electrons. The van der Waals surface area contributed by atoms with Crippen LogP contribution in [0.5, 0.6) is 0 Å². The van der Waals surface area contributed by atoms with E-state index in [-0.39, 0.29) is 18.4 Å². The monoisotopic (exact) mass is 464 g/mol. The van der Waals surface area contributed by atoms with Crippen LogP contribution in [0.25, 0.3) is 11.2 Å². The van der Waals surface area contributed by atoms with Gasteiger partial charge in [-0.25, -0.2) is 9.18 Å². The van der Waals surface area contributed by atoms with Crippen LogP contribution < -0.4 is 21.9 Å². The smallest absolute Gasteiger partial charge is 0.332 e. The van der Waals surface area contributed by atoms with Crippen molar-refractivity contribution in [3.05, 3.63) is 54.9 Å². The summed E-state index contributed by atoms with van der Waals surface area (Å²) in [5.41, 5.74) is 6.56. The SMILES string of the molecule is Cn1c(=O)c2c(nc(N3CCCC(N)C3)n2Cc2cc(F)ccc2Br)n(C)c1=O. The number of benzene rings is 1. The molecule has 0 spiro atoms. The molecule has 3 heterocycles. The van der Waals surface area contributed by atoms with Crippen LogP contribution in [0.4, 0.5) is 10.3 Å². The molecule has 1 saturated heterocycles. The van der Waals surface area contributed by atoms with E-state index in [4.69, 9.17) is 5.73 Å². The Labute approximate surface area is 174 Å². The van der Waals surface area contributed by atoms with Crippen molar-refractivity contribution in [3.63, 3.8) is 0 Å². The first-order valence-corrected chi connectivity index (χ1v) is 10.2. The Kier molecular flexibility index (Phi) is 5.07. The van der Waals surface area contributed by atoms with Gasteiger partial charge in [0.1, 0.15) is 5.82 Å². The predicted molar refractivity (Wildman–Crippen MR) is 113 cm³/mol. The van der Waals surface area contributed by atoms with Crippen molar-refractivity contribution in [2.24, 2.45) is 19.8 Å². The summed E-state index contributed by atoms with van der Waals surface area (Å²) in [5, 5.41) is 0. The zero-order valence-electron chi connectivity index (χ0n) is 16.2. The number of fused-ring (bicyclic) bond motifs is 1. The maximum Gasteiger partial charge on any atom is 0.332 e. The van der Waals surface area contributed by atoms with Crippen LogP contribution in [0.15, 0.2) is 32.3 Å². The summed E-state index contributed by atoms with van der Waals surface area (Å²) in [4.78, 5) is 32.1. The van der Waals surface area contributed by atoms with Crippen LogP contribution in [0.2, 0.25) is 0 Å². The summed E-state index contributed by atoms with van der Waals surface area (Å²) >= 11 is 3.46. The molecule has 1 aromatic carbocycles. The molecule has 0 saturated carbocycles. The summed E-state index contributed by atoms with van der Waals surface area (Å²) in [5.74, 6) is 0.194. The first-order chi connectivity index (χ1) is 13.8. The van der Waals surface area contributed by atoms with Crippen LogP contribution in [0.3, 0.4) is 0 Å². The normalized spacial score (nSPS) is 17.3. The number of nitrogens with two attached hydrogens (primary N) is 1. The van der Waals surface area contributed by atoms with E-state index in [1.165, 1.54) is 23.7 Å². The molecule has 10 heteroatoms. The molecule has 1 atom stereocenters. The number of halogens is 2. The van der Waals surface area contributed by atoms with Gasteiger partial charge in [-0.3, -0.25) is 18.5 Å². The van der Waals surface area contributed by atoms with Crippen molar-refractivity contribution in [1.29, 1.82) is 0 Å². The van der Waals surface area contributed by atoms with E-state index in [0.29, 0.717) is 29.2 Å². The minimum Gasteiger partial charge on any atom is -0.341 e. The molecule has 1 unspecified atom stereocenters. The van der Waals surface area contributed by atoms with Crippen molar-refractivity contribution in [2.75, 3.05) is 18.0 Å². The highest BCUT2D eigenvalue weighted by atomic mass is 79.9. The highest BCUT2D eigenvalue weighted by molar-refractivity contribution is 9.10. The van der Waals surface area contributed by atoms with Gasteiger partial charge in [0.2, 0.25) is 5.95 Å². The lowest BCUT2D eigenvalue weighted by Crippen LogP contribution is -2.44. The number of rotatable bonds is 3. The second-order valence-electron chi connectivity index (χ2n) is 7.46. The zero-order chi connectivity index (χ0) is 20.9. The predicted octanol–water partition coefficient (Wildman–Crippen LogP) is 1.31. The van der Waals surface area contributed by atoms with Crippen LogP contribution in [0.1, 0.15) is 18.4 Å². The number of hydrogen-bond acceptors (Lipinski definition) is 5. The van der Waals surface area contributed by atoms with Crippen LogP contribution in [0, 0.1) is 5.82 Å². The summed E-state index contributed by atoms with van der Waals surface area (Å²) < 4.78 is 18.8. The first kappa shape index (κ1) is 19.8. The summed E-state index contributed by atoms with van der Waals surface area (Å²) in [6.07, 6.45) is 1.83. The van der Waals surface area contributed by atoms with Crippen LogP contribution in [-0.2, 0) is 20.6 Å². The topological polar surface area (TPSA) is 91.1 Å². The van der Waals surface area contributed by atoms with Gasteiger partial charge in [-0.05, 0) is 36.6 Å². The van der Waals surface area contributed by atoms with E-state index in [0.717, 1.165) is 28.4 Å². The molecular formula is C19H22BrFN6O2. The number of aromatic nitrogens is 4. The van der Waals surface area contributed by atoms with Crippen molar-refractivity contribution in [3.8, 4) is 0 Å². The fourth-order valence-corrected chi connectivity index (χ4v) is 4.22. The van der Waals surface area contributed by atoms with Crippen molar-refractivity contribution < 1.29 is 4.39 Å². The van der Waals surface area contributed by atoms with Crippen molar-refractivity contribution in [1.82, 2.24) is 18.7 Å². The molecule has 4 rings (SSSR count). The van der Waals surface area contributed by atoms with Gasteiger partial charge < -0.3 is 10.6 Å². The van der Waals surface area contributed by atoms with Crippen LogP contribution >= 0.6 is 15.9 Å². The zero-order valence-corrected chi connectivity index (χ0v) is 17.8. The van der Waals surface area contributed by atoms with Crippen molar-refractivity contribution in [2.45, 2.75) is 25.4 Å². The molecule has 0 amide bonds. The van der Waals surface area contributed by atoms with Gasteiger partial charge in [0, 0.05) is 37.7 Å². The Balaban J connectivity index is 1.98. The standard InChI is InChI=1S/C19H22BrFN6O2/c1-24-16-15(17(28)25(2)19(24)29)27(9-11-8-12(21)5-6-14(11)20)18(23-16)26-7-3-4-13(22)10-26/h5-6,8,13H,3-4,7,9-10,22H2,1-2H3. The van der Waals surface area contributed by atoms with Gasteiger partial charge in [-0.1, -0.05) is 15.9 Å². The highest BCUT2D eigenvalue weighted by Gasteiger charge is 2.26. The van der Waals surface area contributed by atoms with E-state index < -0.39 is 11.2 Å². The molecule has 1 aliphatic heterocycles. The molecule has 0 aliphatic carbocycles. The number of anilines is 1.